The molecule has 0 bridgehead atoms. The van der Waals surface area contributed by atoms with Crippen LogP contribution in [0.1, 0.15) is 32.2 Å². The van der Waals surface area contributed by atoms with Crippen LogP contribution in [-0.2, 0) is 9.53 Å². The molecule has 1 heterocycles. The van der Waals surface area contributed by atoms with Crippen molar-refractivity contribution in [2.75, 3.05) is 13.2 Å². The highest BCUT2D eigenvalue weighted by atomic mass is 16.6. The van der Waals surface area contributed by atoms with Crippen molar-refractivity contribution in [1.29, 1.82) is 0 Å². The molecule has 0 aliphatic rings. The van der Waals surface area contributed by atoms with Crippen molar-refractivity contribution in [2.24, 2.45) is 0 Å². The monoisotopic (exact) mass is 421 g/mol. The van der Waals surface area contributed by atoms with Crippen molar-refractivity contribution < 1.29 is 23.4 Å². The first-order valence-corrected chi connectivity index (χ1v) is 10.2. The second-order valence-corrected chi connectivity index (χ2v) is 7.34. The second-order valence-electron chi connectivity index (χ2n) is 7.34. The highest BCUT2D eigenvalue weighted by Gasteiger charge is 2.31. The molecule has 0 fully saturated rings. The number of hydrogen-bond acceptors (Lipinski definition) is 6. The van der Waals surface area contributed by atoms with Gasteiger partial charge >= 0.3 is 5.97 Å². The minimum atomic E-state index is -1.06. The van der Waals surface area contributed by atoms with Gasteiger partial charge in [0.05, 0.1) is 6.61 Å². The van der Waals surface area contributed by atoms with Gasteiger partial charge in [0.15, 0.2) is 5.60 Å². The smallest absolute Gasteiger partial charge is 0.349 e. The van der Waals surface area contributed by atoms with Gasteiger partial charge in [0.25, 0.3) is 0 Å². The Morgan fingerprint density at radius 3 is 2.42 bits per heavy atom. The Morgan fingerprint density at radius 2 is 1.74 bits per heavy atom. The molecule has 0 saturated heterocycles. The maximum atomic E-state index is 11.9. The molecule has 31 heavy (non-hydrogen) atoms. The zero-order chi connectivity index (χ0) is 22.3. The average molecular weight is 421 g/mol. The number of oxazole rings is 1. The molecule has 0 saturated carbocycles. The zero-order valence-corrected chi connectivity index (χ0v) is 18.3. The number of aromatic nitrogens is 1. The van der Waals surface area contributed by atoms with E-state index in [4.69, 9.17) is 18.6 Å². The van der Waals surface area contributed by atoms with Crippen LogP contribution in [0.15, 0.2) is 65.1 Å². The van der Waals surface area contributed by atoms with Crippen molar-refractivity contribution in [1.82, 2.24) is 4.98 Å². The lowest BCUT2D eigenvalue weighted by Crippen LogP contribution is -2.39. The van der Waals surface area contributed by atoms with Crippen LogP contribution >= 0.6 is 0 Å². The molecule has 0 aliphatic heterocycles. The van der Waals surface area contributed by atoms with Gasteiger partial charge in [-0.3, -0.25) is 0 Å². The fourth-order valence-electron chi connectivity index (χ4n) is 2.82. The summed E-state index contributed by atoms with van der Waals surface area (Å²) in [6, 6.07) is 16.9. The fraction of sp³-hybridized carbons (Fsp3) is 0.280. The summed E-state index contributed by atoms with van der Waals surface area (Å²) in [5.74, 6) is 2.19. The Kier molecular flexibility index (Phi) is 7.13. The van der Waals surface area contributed by atoms with Crippen molar-refractivity contribution in [3.05, 3.63) is 72.1 Å². The lowest BCUT2D eigenvalue weighted by Gasteiger charge is -2.24. The van der Waals surface area contributed by atoms with Gasteiger partial charge in [0.1, 0.15) is 29.6 Å². The third-order valence-electron chi connectivity index (χ3n) is 4.44. The molecule has 6 nitrogen and oxygen atoms in total. The molecule has 0 radical (unpaired) electrons. The molecule has 2 aromatic carbocycles. The van der Waals surface area contributed by atoms with Crippen LogP contribution in [-0.4, -0.2) is 29.8 Å². The summed E-state index contributed by atoms with van der Waals surface area (Å²) >= 11 is 0. The van der Waals surface area contributed by atoms with E-state index in [1.165, 1.54) is 0 Å². The fourth-order valence-corrected chi connectivity index (χ4v) is 2.82. The van der Waals surface area contributed by atoms with Crippen LogP contribution in [0.2, 0.25) is 0 Å². The molecule has 0 atom stereocenters. The molecule has 3 aromatic rings. The predicted molar refractivity (Wildman–Crippen MR) is 119 cm³/mol. The van der Waals surface area contributed by atoms with E-state index in [-0.39, 0.29) is 0 Å². The maximum absolute atomic E-state index is 11.9. The zero-order valence-electron chi connectivity index (χ0n) is 18.3. The van der Waals surface area contributed by atoms with Crippen molar-refractivity contribution in [3.8, 4) is 23.0 Å². The Labute approximate surface area is 182 Å². The molecule has 3 rings (SSSR count). The summed E-state index contributed by atoms with van der Waals surface area (Å²) in [7, 11) is 0. The van der Waals surface area contributed by atoms with Gasteiger partial charge in [-0.1, -0.05) is 18.2 Å². The highest BCUT2D eigenvalue weighted by molar-refractivity contribution is 5.79. The normalized spacial score (nSPS) is 11.5. The number of esters is 1. The maximum Gasteiger partial charge on any atom is 0.349 e. The summed E-state index contributed by atoms with van der Waals surface area (Å²) in [5.41, 5.74) is 0.650. The first-order chi connectivity index (χ1) is 14.9. The Balaban J connectivity index is 1.54. The molecular formula is C25H27NO5. The van der Waals surface area contributed by atoms with Crippen LogP contribution in [0.3, 0.4) is 0 Å². The number of ether oxygens (including phenoxy) is 3. The molecule has 0 unspecified atom stereocenters. The van der Waals surface area contributed by atoms with Gasteiger partial charge in [-0.2, -0.15) is 0 Å². The summed E-state index contributed by atoms with van der Waals surface area (Å²) in [6.45, 7) is 7.69. The molecule has 1 aromatic heterocycles. The summed E-state index contributed by atoms with van der Waals surface area (Å²) in [5, 5.41) is 0. The van der Waals surface area contributed by atoms with Gasteiger partial charge in [0, 0.05) is 5.56 Å². The van der Waals surface area contributed by atoms with E-state index in [0.717, 1.165) is 17.0 Å². The van der Waals surface area contributed by atoms with E-state index in [0.29, 0.717) is 30.6 Å². The summed E-state index contributed by atoms with van der Waals surface area (Å²) in [6.07, 6.45) is 3.76. The van der Waals surface area contributed by atoms with Gasteiger partial charge in [-0.25, -0.2) is 9.78 Å². The number of rotatable bonds is 9. The Hall–Kier alpha value is -3.54. The quantitative estimate of drug-likeness (QED) is 0.427. The van der Waals surface area contributed by atoms with E-state index in [1.807, 2.05) is 49.4 Å². The summed E-state index contributed by atoms with van der Waals surface area (Å²) in [4.78, 5) is 16.5. The van der Waals surface area contributed by atoms with Crippen LogP contribution in [0, 0.1) is 6.92 Å². The lowest BCUT2D eigenvalue weighted by atomic mass is 10.1. The predicted octanol–water partition coefficient (Wildman–Crippen LogP) is 5.46. The van der Waals surface area contributed by atoms with Gasteiger partial charge < -0.3 is 18.6 Å². The van der Waals surface area contributed by atoms with Crippen LogP contribution < -0.4 is 9.47 Å². The lowest BCUT2D eigenvalue weighted by molar-refractivity contribution is -0.158. The van der Waals surface area contributed by atoms with Crippen molar-refractivity contribution in [2.45, 2.75) is 33.3 Å². The summed E-state index contributed by atoms with van der Waals surface area (Å²) < 4.78 is 22.3. The molecule has 0 amide bonds. The van der Waals surface area contributed by atoms with Crippen molar-refractivity contribution in [3.63, 3.8) is 0 Å². The minimum Gasteiger partial charge on any atom is -0.490 e. The van der Waals surface area contributed by atoms with Gasteiger partial charge in [0.2, 0.25) is 5.89 Å². The van der Waals surface area contributed by atoms with E-state index in [1.54, 1.807) is 45.0 Å². The third-order valence-corrected chi connectivity index (χ3v) is 4.44. The number of carbonyl (C=O) groups is 1. The standard InChI is InChI=1S/C25H27NO5/c1-5-28-24(27)25(3,4)31-21-15-13-20(14-16-21)29-17-9-12-22-18(2)30-23(26-22)19-10-7-6-8-11-19/h6-16H,5,17H2,1-4H3. The van der Waals surface area contributed by atoms with E-state index >= 15 is 0 Å². The Bertz CT molecular complexity index is 1020. The van der Waals surface area contributed by atoms with Crippen LogP contribution in [0.4, 0.5) is 0 Å². The van der Waals surface area contributed by atoms with E-state index in [2.05, 4.69) is 4.98 Å². The molecule has 6 heteroatoms. The molecule has 0 spiro atoms. The van der Waals surface area contributed by atoms with Gasteiger partial charge in [-0.05, 0) is 76.2 Å². The number of carbonyl (C=O) groups excluding carboxylic acids is 1. The minimum absolute atomic E-state index is 0.313. The number of benzene rings is 2. The third kappa shape index (κ3) is 5.98. The molecule has 0 aliphatic carbocycles. The molecule has 162 valence electrons. The SMILES string of the molecule is CCOC(=O)C(C)(C)Oc1ccc(OCC=Cc2nc(-c3ccccc3)oc2C)cc1. The highest BCUT2D eigenvalue weighted by Crippen LogP contribution is 2.24. The molecule has 0 N–H and O–H groups in total. The Morgan fingerprint density at radius 1 is 1.06 bits per heavy atom. The van der Waals surface area contributed by atoms with Crippen molar-refractivity contribution >= 4 is 12.0 Å². The van der Waals surface area contributed by atoms with Crippen LogP contribution in [0.25, 0.3) is 17.5 Å². The first kappa shape index (κ1) is 22.2. The van der Waals surface area contributed by atoms with Gasteiger partial charge in [-0.15, -0.1) is 0 Å². The first-order valence-electron chi connectivity index (χ1n) is 10.2. The largest absolute Gasteiger partial charge is 0.490 e. The second kappa shape index (κ2) is 9.98. The van der Waals surface area contributed by atoms with Crippen LogP contribution in [0.5, 0.6) is 11.5 Å². The number of nitrogens with zero attached hydrogens (tertiary/aromatic N) is 1. The molecular weight excluding hydrogens is 394 g/mol. The average Bonchev–Trinajstić information content (AvgIpc) is 3.13. The van der Waals surface area contributed by atoms with E-state index < -0.39 is 11.6 Å². The number of hydrogen-bond donors (Lipinski definition) is 0. The number of aryl methyl sites for hydroxylation is 1. The van der Waals surface area contributed by atoms with E-state index in [9.17, 15) is 4.79 Å². The topological polar surface area (TPSA) is 70.8 Å².